The van der Waals surface area contributed by atoms with E-state index >= 15 is 0 Å². The van der Waals surface area contributed by atoms with Gasteiger partial charge in [-0.2, -0.15) is 11.8 Å². The maximum Gasteiger partial charge on any atom is 0.336 e. The molecular formula is C11H11NO2S. The predicted octanol–water partition coefficient (Wildman–Crippen LogP) is 1.30. The molecule has 3 nitrogen and oxygen atoms in total. The van der Waals surface area contributed by atoms with Crippen LogP contribution in [0, 0.1) is 0 Å². The van der Waals surface area contributed by atoms with Crippen LogP contribution in [-0.4, -0.2) is 35.5 Å². The van der Waals surface area contributed by atoms with Gasteiger partial charge >= 0.3 is 5.97 Å². The van der Waals surface area contributed by atoms with Gasteiger partial charge in [0.05, 0.1) is 0 Å². The third-order valence-electron chi connectivity index (χ3n) is 2.76. The monoisotopic (exact) mass is 221 g/mol. The standard InChI is InChI=1S/C11H11NO2S/c13-11-7-8-9(1-2-10(8)14-11)12-3-5-15-6-4-12/h1-2,7H,3-6H2. The molecule has 0 aromatic carbocycles. The van der Waals surface area contributed by atoms with Crippen LogP contribution < -0.4 is 0 Å². The zero-order valence-electron chi connectivity index (χ0n) is 8.23. The van der Waals surface area contributed by atoms with Crippen molar-refractivity contribution in [3.8, 4) is 0 Å². The van der Waals surface area contributed by atoms with Gasteiger partial charge in [0.2, 0.25) is 0 Å². The number of thioether (sulfide) groups is 1. The highest BCUT2D eigenvalue weighted by Gasteiger charge is 2.29. The summed E-state index contributed by atoms with van der Waals surface area (Å²) in [6.07, 6.45) is 5.52. The third kappa shape index (κ3) is 1.49. The van der Waals surface area contributed by atoms with Gasteiger partial charge in [0.15, 0.2) is 0 Å². The normalized spacial score (nSPS) is 24.4. The first-order valence-electron chi connectivity index (χ1n) is 5.03. The largest absolute Gasteiger partial charge is 0.423 e. The molecular weight excluding hydrogens is 210 g/mol. The summed E-state index contributed by atoms with van der Waals surface area (Å²) in [7, 11) is 0. The number of nitrogens with zero attached hydrogens (tertiary/aromatic N) is 1. The van der Waals surface area contributed by atoms with E-state index in [9.17, 15) is 4.79 Å². The number of carbonyl (C=O) groups is 1. The van der Waals surface area contributed by atoms with E-state index in [-0.39, 0.29) is 5.97 Å². The van der Waals surface area contributed by atoms with E-state index in [0.29, 0.717) is 5.76 Å². The maximum absolute atomic E-state index is 11.1. The lowest BCUT2D eigenvalue weighted by molar-refractivity contribution is -0.132. The van der Waals surface area contributed by atoms with Crippen LogP contribution in [0.1, 0.15) is 0 Å². The van der Waals surface area contributed by atoms with Crippen molar-refractivity contribution in [1.29, 1.82) is 0 Å². The number of esters is 1. The van der Waals surface area contributed by atoms with Crippen molar-refractivity contribution in [3.63, 3.8) is 0 Å². The smallest absolute Gasteiger partial charge is 0.336 e. The lowest BCUT2D eigenvalue weighted by Crippen LogP contribution is -2.32. The molecule has 15 heavy (non-hydrogen) atoms. The summed E-state index contributed by atoms with van der Waals surface area (Å²) < 4.78 is 5.05. The fraction of sp³-hybridized carbons (Fsp3) is 0.364. The van der Waals surface area contributed by atoms with E-state index in [1.54, 1.807) is 6.08 Å². The van der Waals surface area contributed by atoms with Crippen LogP contribution in [0.5, 0.6) is 0 Å². The van der Waals surface area contributed by atoms with Crippen molar-refractivity contribution >= 4 is 17.7 Å². The molecule has 78 valence electrons. The highest BCUT2D eigenvalue weighted by atomic mass is 32.2. The Morgan fingerprint density at radius 1 is 1.27 bits per heavy atom. The number of fused-ring (bicyclic) bond motifs is 1. The Hall–Kier alpha value is -1.16. The molecule has 0 bridgehead atoms. The fourth-order valence-corrected chi connectivity index (χ4v) is 2.93. The Kier molecular flexibility index (Phi) is 2.09. The molecule has 3 rings (SSSR count). The molecule has 0 saturated carbocycles. The Labute approximate surface area is 92.5 Å². The lowest BCUT2D eigenvalue weighted by Gasteiger charge is -2.29. The molecule has 1 aliphatic carbocycles. The van der Waals surface area contributed by atoms with E-state index < -0.39 is 0 Å². The second-order valence-electron chi connectivity index (χ2n) is 3.66. The summed E-state index contributed by atoms with van der Waals surface area (Å²) in [6.45, 7) is 2.12. The van der Waals surface area contributed by atoms with E-state index in [4.69, 9.17) is 4.74 Å². The highest BCUT2D eigenvalue weighted by Crippen LogP contribution is 2.34. The molecule has 1 fully saturated rings. The van der Waals surface area contributed by atoms with Gasteiger partial charge in [-0.05, 0) is 12.2 Å². The van der Waals surface area contributed by atoms with Crippen molar-refractivity contribution < 1.29 is 9.53 Å². The first-order valence-corrected chi connectivity index (χ1v) is 6.19. The summed E-state index contributed by atoms with van der Waals surface area (Å²) in [6, 6.07) is 0. The van der Waals surface area contributed by atoms with Crippen LogP contribution in [0.2, 0.25) is 0 Å². The number of carbonyl (C=O) groups excluding carboxylic acids is 1. The van der Waals surface area contributed by atoms with Crippen LogP contribution in [0.4, 0.5) is 0 Å². The van der Waals surface area contributed by atoms with E-state index in [1.807, 2.05) is 23.9 Å². The van der Waals surface area contributed by atoms with Gasteiger partial charge in [-0.25, -0.2) is 4.79 Å². The number of allylic oxidation sites excluding steroid dienone is 2. The lowest BCUT2D eigenvalue weighted by atomic mass is 10.2. The Balaban J connectivity index is 1.84. The second-order valence-corrected chi connectivity index (χ2v) is 4.89. The van der Waals surface area contributed by atoms with Crippen LogP contribution >= 0.6 is 11.8 Å². The minimum Gasteiger partial charge on any atom is -0.423 e. The molecule has 0 unspecified atom stereocenters. The van der Waals surface area contributed by atoms with Gasteiger partial charge in [0.1, 0.15) is 5.76 Å². The molecule has 2 aliphatic heterocycles. The molecule has 0 atom stereocenters. The third-order valence-corrected chi connectivity index (χ3v) is 3.70. The van der Waals surface area contributed by atoms with Crippen LogP contribution in [0.15, 0.2) is 35.3 Å². The molecule has 3 aliphatic rings. The van der Waals surface area contributed by atoms with E-state index in [0.717, 1.165) is 35.9 Å². The zero-order valence-corrected chi connectivity index (χ0v) is 9.05. The summed E-state index contributed by atoms with van der Waals surface area (Å²) in [5.41, 5.74) is 2.11. The van der Waals surface area contributed by atoms with E-state index in [2.05, 4.69) is 4.90 Å². The fourth-order valence-electron chi connectivity index (χ4n) is 2.03. The van der Waals surface area contributed by atoms with Gasteiger partial charge in [0, 0.05) is 41.9 Å². The molecule has 0 aromatic rings. The minimum atomic E-state index is -0.242. The number of ether oxygens (including phenoxy) is 1. The molecule has 4 heteroatoms. The summed E-state index contributed by atoms with van der Waals surface area (Å²) in [5, 5.41) is 0. The van der Waals surface area contributed by atoms with Crippen molar-refractivity contribution in [2.45, 2.75) is 0 Å². The SMILES string of the molecule is O=C1C=C2C(=CC=C2N2CCSCC2)O1. The van der Waals surface area contributed by atoms with Crippen molar-refractivity contribution in [3.05, 3.63) is 35.3 Å². The average molecular weight is 221 g/mol. The summed E-state index contributed by atoms with van der Waals surface area (Å²) in [4.78, 5) is 13.4. The molecule has 0 spiro atoms. The average Bonchev–Trinajstić information content (AvgIpc) is 2.77. The predicted molar refractivity (Wildman–Crippen MR) is 59.2 cm³/mol. The first-order chi connectivity index (χ1) is 7.34. The second kappa shape index (κ2) is 3.45. The Bertz CT molecular complexity index is 403. The maximum atomic E-state index is 11.1. The van der Waals surface area contributed by atoms with Crippen LogP contribution in [0.25, 0.3) is 0 Å². The Morgan fingerprint density at radius 3 is 2.87 bits per heavy atom. The van der Waals surface area contributed by atoms with Crippen LogP contribution in [-0.2, 0) is 9.53 Å². The quantitative estimate of drug-likeness (QED) is 0.624. The van der Waals surface area contributed by atoms with Gasteiger partial charge in [0.25, 0.3) is 0 Å². The number of hydrogen-bond donors (Lipinski definition) is 0. The molecule has 0 radical (unpaired) electrons. The summed E-state index contributed by atoms with van der Waals surface area (Å²) >= 11 is 1.98. The molecule has 0 N–H and O–H groups in total. The number of hydrogen-bond acceptors (Lipinski definition) is 4. The minimum absolute atomic E-state index is 0.242. The molecule has 0 amide bonds. The van der Waals surface area contributed by atoms with Crippen molar-refractivity contribution in [2.75, 3.05) is 24.6 Å². The summed E-state index contributed by atoms with van der Waals surface area (Å²) in [5.74, 6) is 2.80. The van der Waals surface area contributed by atoms with Gasteiger partial charge in [-0.1, -0.05) is 0 Å². The zero-order chi connectivity index (χ0) is 10.3. The van der Waals surface area contributed by atoms with Crippen molar-refractivity contribution in [1.82, 2.24) is 4.90 Å². The molecule has 1 saturated heterocycles. The molecule has 0 aromatic heterocycles. The van der Waals surface area contributed by atoms with Gasteiger partial charge in [-0.15, -0.1) is 0 Å². The van der Waals surface area contributed by atoms with Crippen molar-refractivity contribution in [2.24, 2.45) is 0 Å². The topological polar surface area (TPSA) is 29.5 Å². The highest BCUT2D eigenvalue weighted by molar-refractivity contribution is 7.99. The molecule has 2 heterocycles. The first kappa shape index (κ1) is 9.09. The van der Waals surface area contributed by atoms with Crippen LogP contribution in [0.3, 0.4) is 0 Å². The van der Waals surface area contributed by atoms with Gasteiger partial charge in [-0.3, -0.25) is 0 Å². The number of rotatable bonds is 1. The Morgan fingerprint density at radius 2 is 2.07 bits per heavy atom. The van der Waals surface area contributed by atoms with Gasteiger partial charge < -0.3 is 9.64 Å². The van der Waals surface area contributed by atoms with E-state index in [1.165, 1.54) is 0 Å².